The molecule has 3 N–H and O–H groups in total. The molecule has 6 heteroatoms. The number of halogens is 1. The lowest BCUT2D eigenvalue weighted by molar-refractivity contribution is 0.0929. The summed E-state index contributed by atoms with van der Waals surface area (Å²) in [4.78, 5) is 16.6. The Morgan fingerprint density at radius 1 is 1.35 bits per heavy atom. The number of nitrogens with zero attached hydrogens (tertiary/aromatic N) is 1. The van der Waals surface area contributed by atoms with Crippen molar-refractivity contribution < 1.29 is 14.3 Å². The van der Waals surface area contributed by atoms with E-state index in [1.807, 2.05) is 6.92 Å². The Labute approximate surface area is 134 Å². The molecule has 23 heavy (non-hydrogen) atoms. The first kappa shape index (κ1) is 16.9. The number of anilines is 2. The molecule has 0 spiro atoms. The highest BCUT2D eigenvalue weighted by atomic mass is 19.1. The molecule has 122 valence electrons. The number of hydrogen-bond acceptors (Lipinski definition) is 4. The Balaban J connectivity index is 2.18. The van der Waals surface area contributed by atoms with Gasteiger partial charge in [-0.3, -0.25) is 4.79 Å². The molecule has 0 aliphatic heterocycles. The maximum atomic E-state index is 13.3. The van der Waals surface area contributed by atoms with Crippen molar-refractivity contribution in [3.8, 4) is 0 Å². The number of aliphatic hydroxyl groups excluding tert-OH is 1. The zero-order valence-electron chi connectivity index (χ0n) is 12.9. The molecule has 1 heterocycles. The van der Waals surface area contributed by atoms with E-state index in [4.69, 9.17) is 5.11 Å². The van der Waals surface area contributed by atoms with E-state index in [2.05, 4.69) is 15.6 Å². The van der Waals surface area contributed by atoms with Gasteiger partial charge in [0.25, 0.3) is 5.91 Å². The van der Waals surface area contributed by atoms with Crippen LogP contribution >= 0.6 is 0 Å². The maximum Gasteiger partial charge on any atom is 0.255 e. The van der Waals surface area contributed by atoms with Gasteiger partial charge < -0.3 is 15.7 Å². The lowest BCUT2D eigenvalue weighted by atomic mass is 10.1. The summed E-state index contributed by atoms with van der Waals surface area (Å²) >= 11 is 0. The minimum Gasteiger partial charge on any atom is -0.396 e. The summed E-state index contributed by atoms with van der Waals surface area (Å²) in [7, 11) is 0. The highest BCUT2D eigenvalue weighted by Gasteiger charge is 2.16. The van der Waals surface area contributed by atoms with E-state index in [0.717, 1.165) is 6.42 Å². The lowest BCUT2D eigenvalue weighted by Gasteiger charge is -2.17. The van der Waals surface area contributed by atoms with Crippen molar-refractivity contribution in [3.63, 3.8) is 0 Å². The van der Waals surface area contributed by atoms with Gasteiger partial charge in [0.05, 0.1) is 5.56 Å². The highest BCUT2D eigenvalue weighted by molar-refractivity contribution is 5.99. The summed E-state index contributed by atoms with van der Waals surface area (Å²) in [5.74, 6) is -0.294. The molecule has 0 fully saturated rings. The molecule has 5 nitrogen and oxygen atoms in total. The van der Waals surface area contributed by atoms with Gasteiger partial charge in [-0.05, 0) is 43.2 Å². The predicted octanol–water partition coefficient (Wildman–Crippen LogP) is 2.86. The monoisotopic (exact) mass is 317 g/mol. The average molecular weight is 317 g/mol. The SMILES string of the molecule is CCC(CCO)NC(=O)c1cccnc1Nc1cccc(F)c1. The van der Waals surface area contributed by atoms with Gasteiger partial charge in [0.1, 0.15) is 11.6 Å². The van der Waals surface area contributed by atoms with E-state index in [-0.39, 0.29) is 24.4 Å². The molecule has 0 radical (unpaired) electrons. The predicted molar refractivity (Wildman–Crippen MR) is 87.2 cm³/mol. The second kappa shape index (κ2) is 8.24. The Kier molecular flexibility index (Phi) is 6.05. The number of aliphatic hydroxyl groups is 1. The normalized spacial score (nSPS) is 11.8. The van der Waals surface area contributed by atoms with Crippen LogP contribution in [0.25, 0.3) is 0 Å². The van der Waals surface area contributed by atoms with Crippen LogP contribution in [-0.2, 0) is 0 Å². The highest BCUT2D eigenvalue weighted by Crippen LogP contribution is 2.19. The Morgan fingerprint density at radius 2 is 2.17 bits per heavy atom. The van der Waals surface area contributed by atoms with Gasteiger partial charge in [0.15, 0.2) is 0 Å². The number of carbonyl (C=O) groups is 1. The van der Waals surface area contributed by atoms with Gasteiger partial charge in [-0.25, -0.2) is 9.37 Å². The second-order valence-corrected chi connectivity index (χ2v) is 5.13. The first-order chi connectivity index (χ1) is 11.1. The maximum absolute atomic E-state index is 13.3. The lowest BCUT2D eigenvalue weighted by Crippen LogP contribution is -2.35. The molecule has 0 saturated heterocycles. The number of benzene rings is 1. The van der Waals surface area contributed by atoms with E-state index in [0.29, 0.717) is 23.5 Å². The van der Waals surface area contributed by atoms with Gasteiger partial charge in [-0.15, -0.1) is 0 Å². The van der Waals surface area contributed by atoms with E-state index in [1.165, 1.54) is 12.1 Å². The van der Waals surface area contributed by atoms with Gasteiger partial charge in [0, 0.05) is 24.5 Å². The van der Waals surface area contributed by atoms with Crippen LogP contribution in [0.1, 0.15) is 30.1 Å². The van der Waals surface area contributed by atoms with Gasteiger partial charge in [0.2, 0.25) is 0 Å². The van der Waals surface area contributed by atoms with Crippen LogP contribution in [0.4, 0.5) is 15.9 Å². The van der Waals surface area contributed by atoms with Crippen LogP contribution in [0, 0.1) is 5.82 Å². The summed E-state index contributed by atoms with van der Waals surface area (Å²) < 4.78 is 13.3. The zero-order valence-corrected chi connectivity index (χ0v) is 12.9. The van der Waals surface area contributed by atoms with E-state index in [1.54, 1.807) is 30.5 Å². The quantitative estimate of drug-likeness (QED) is 0.734. The molecular weight excluding hydrogens is 297 g/mol. The third-order valence-corrected chi connectivity index (χ3v) is 3.45. The molecule has 1 aromatic heterocycles. The summed E-state index contributed by atoms with van der Waals surface area (Å²) in [6, 6.07) is 9.16. The minimum atomic E-state index is -0.370. The number of hydrogen-bond donors (Lipinski definition) is 3. The molecule has 0 saturated carbocycles. The van der Waals surface area contributed by atoms with Crippen LogP contribution < -0.4 is 10.6 Å². The minimum absolute atomic E-state index is 0.0141. The van der Waals surface area contributed by atoms with Crippen molar-refractivity contribution in [1.29, 1.82) is 0 Å². The van der Waals surface area contributed by atoms with Crippen molar-refractivity contribution in [2.75, 3.05) is 11.9 Å². The molecule has 0 bridgehead atoms. The van der Waals surface area contributed by atoms with E-state index >= 15 is 0 Å². The van der Waals surface area contributed by atoms with Crippen molar-refractivity contribution in [1.82, 2.24) is 10.3 Å². The first-order valence-electron chi connectivity index (χ1n) is 7.53. The third kappa shape index (κ3) is 4.75. The van der Waals surface area contributed by atoms with Crippen LogP contribution in [0.3, 0.4) is 0 Å². The smallest absolute Gasteiger partial charge is 0.255 e. The summed E-state index contributed by atoms with van der Waals surface area (Å²) in [5.41, 5.74) is 0.883. The topological polar surface area (TPSA) is 74.2 Å². The van der Waals surface area contributed by atoms with Crippen molar-refractivity contribution in [2.45, 2.75) is 25.8 Å². The molecule has 1 amide bonds. The summed E-state index contributed by atoms with van der Waals surface area (Å²) in [6.07, 6.45) is 2.78. The number of carbonyl (C=O) groups excluding carboxylic acids is 1. The van der Waals surface area contributed by atoms with Crippen LogP contribution in [0.2, 0.25) is 0 Å². The van der Waals surface area contributed by atoms with Gasteiger partial charge in [-0.2, -0.15) is 0 Å². The Bertz CT molecular complexity index is 664. The molecule has 0 aliphatic rings. The molecular formula is C17H20FN3O2. The fourth-order valence-electron chi connectivity index (χ4n) is 2.19. The molecule has 2 aromatic rings. The first-order valence-corrected chi connectivity index (χ1v) is 7.53. The molecule has 2 rings (SSSR count). The third-order valence-electron chi connectivity index (χ3n) is 3.45. The van der Waals surface area contributed by atoms with Crippen LogP contribution in [0.15, 0.2) is 42.6 Å². The van der Waals surface area contributed by atoms with Crippen molar-refractivity contribution in [3.05, 3.63) is 54.0 Å². The standard InChI is InChI=1S/C17H20FN3O2/c1-2-13(8-10-22)21-17(23)15-7-4-9-19-16(15)20-14-6-3-5-12(18)11-14/h3-7,9,11,13,22H,2,8,10H2,1H3,(H,19,20)(H,21,23). The van der Waals surface area contributed by atoms with Gasteiger partial charge >= 0.3 is 0 Å². The number of aromatic nitrogens is 1. The molecule has 0 aliphatic carbocycles. The number of pyridine rings is 1. The fourth-order valence-corrected chi connectivity index (χ4v) is 2.19. The summed E-state index contributed by atoms with van der Waals surface area (Å²) in [5, 5.41) is 14.8. The Hall–Kier alpha value is -2.47. The Morgan fingerprint density at radius 3 is 2.87 bits per heavy atom. The largest absolute Gasteiger partial charge is 0.396 e. The van der Waals surface area contributed by atoms with Crippen molar-refractivity contribution in [2.24, 2.45) is 0 Å². The number of amides is 1. The molecule has 1 unspecified atom stereocenters. The second-order valence-electron chi connectivity index (χ2n) is 5.13. The van der Waals surface area contributed by atoms with Gasteiger partial charge in [-0.1, -0.05) is 13.0 Å². The van der Waals surface area contributed by atoms with Crippen LogP contribution in [-0.4, -0.2) is 28.6 Å². The molecule has 1 aromatic carbocycles. The average Bonchev–Trinajstić information content (AvgIpc) is 2.55. The van der Waals surface area contributed by atoms with E-state index in [9.17, 15) is 9.18 Å². The summed E-state index contributed by atoms with van der Waals surface area (Å²) in [6.45, 7) is 1.95. The van der Waals surface area contributed by atoms with Crippen molar-refractivity contribution >= 4 is 17.4 Å². The zero-order chi connectivity index (χ0) is 16.7. The number of nitrogens with one attached hydrogen (secondary N) is 2. The fraction of sp³-hybridized carbons (Fsp3) is 0.294. The molecule has 1 atom stereocenters. The number of rotatable bonds is 7. The van der Waals surface area contributed by atoms with Crippen LogP contribution in [0.5, 0.6) is 0 Å². The van der Waals surface area contributed by atoms with E-state index < -0.39 is 0 Å².